The summed E-state index contributed by atoms with van der Waals surface area (Å²) < 4.78 is 12.5. The predicted octanol–water partition coefficient (Wildman–Crippen LogP) is 2.85. The number of rotatable bonds is 5. The van der Waals surface area contributed by atoms with Crippen LogP contribution in [0.1, 0.15) is 26.2 Å². The maximum Gasteiger partial charge on any atom is 0.355 e. The van der Waals surface area contributed by atoms with Gasteiger partial charge in [-0.2, -0.15) is 0 Å². The van der Waals surface area contributed by atoms with E-state index in [2.05, 4.69) is 4.89 Å². The van der Waals surface area contributed by atoms with Crippen LogP contribution in [0.4, 0.5) is 4.39 Å². The molecule has 0 bridgehead atoms. The third kappa shape index (κ3) is 4.44. The van der Waals surface area contributed by atoms with Gasteiger partial charge in [-0.3, -0.25) is 9.78 Å². The van der Waals surface area contributed by atoms with Crippen molar-refractivity contribution >= 4 is 5.97 Å². The number of hydrogen-bond acceptors (Lipinski definition) is 3. The molecule has 3 nitrogen and oxygen atoms in total. The molecular weight excluding hydrogens is 199 g/mol. The van der Waals surface area contributed by atoms with E-state index in [1.807, 2.05) is 6.92 Å². The molecule has 4 heteroatoms. The van der Waals surface area contributed by atoms with Crippen LogP contribution < -0.4 is 4.89 Å². The average molecular weight is 212 g/mol. The number of carbonyl (C=O) groups is 1. The molecule has 0 amide bonds. The van der Waals surface area contributed by atoms with Gasteiger partial charge in [-0.1, -0.05) is 13.3 Å². The molecular formula is C11H13FO3. The first-order valence-corrected chi connectivity index (χ1v) is 4.85. The Bertz CT molecular complexity index is 308. The van der Waals surface area contributed by atoms with Crippen LogP contribution in [0.2, 0.25) is 0 Å². The van der Waals surface area contributed by atoms with Crippen molar-refractivity contribution in [2.75, 3.05) is 0 Å². The minimum atomic E-state index is -0.416. The van der Waals surface area contributed by atoms with Gasteiger partial charge in [0.15, 0.2) is 5.75 Å². The molecule has 0 saturated carbocycles. The number of carbonyl (C=O) groups excluding carboxylic acids is 1. The summed E-state index contributed by atoms with van der Waals surface area (Å²) in [4.78, 5) is 20.2. The Hall–Kier alpha value is -1.58. The highest BCUT2D eigenvalue weighted by Crippen LogP contribution is 2.11. The molecule has 0 spiro atoms. The van der Waals surface area contributed by atoms with Crippen molar-refractivity contribution in [1.82, 2.24) is 0 Å². The van der Waals surface area contributed by atoms with Gasteiger partial charge in [0.25, 0.3) is 0 Å². The van der Waals surface area contributed by atoms with Crippen molar-refractivity contribution in [2.45, 2.75) is 26.2 Å². The maximum atomic E-state index is 12.5. The van der Waals surface area contributed by atoms with Crippen LogP contribution in [-0.4, -0.2) is 5.97 Å². The molecule has 0 saturated heterocycles. The van der Waals surface area contributed by atoms with Crippen molar-refractivity contribution in [2.24, 2.45) is 0 Å². The second kappa shape index (κ2) is 6.01. The Morgan fingerprint density at radius 2 is 2.00 bits per heavy atom. The fraction of sp³-hybridized carbons (Fsp3) is 0.364. The lowest BCUT2D eigenvalue weighted by Crippen LogP contribution is -2.07. The molecule has 0 heterocycles. The fourth-order valence-corrected chi connectivity index (χ4v) is 0.948. The summed E-state index contributed by atoms with van der Waals surface area (Å²) >= 11 is 0. The average Bonchev–Trinajstić information content (AvgIpc) is 2.25. The molecule has 82 valence electrons. The first-order chi connectivity index (χ1) is 7.22. The fourth-order valence-electron chi connectivity index (χ4n) is 0.948. The van der Waals surface area contributed by atoms with Crippen LogP contribution in [0, 0.1) is 5.82 Å². The van der Waals surface area contributed by atoms with Crippen molar-refractivity contribution in [3.8, 4) is 5.75 Å². The smallest absolute Gasteiger partial charge is 0.287 e. The highest BCUT2D eigenvalue weighted by Gasteiger charge is 2.04. The van der Waals surface area contributed by atoms with E-state index in [0.717, 1.165) is 12.8 Å². The Morgan fingerprint density at radius 1 is 1.33 bits per heavy atom. The van der Waals surface area contributed by atoms with Crippen LogP contribution in [0.15, 0.2) is 24.3 Å². The number of hydrogen-bond donors (Lipinski definition) is 0. The summed E-state index contributed by atoms with van der Waals surface area (Å²) in [7, 11) is 0. The molecule has 0 unspecified atom stereocenters. The first-order valence-electron chi connectivity index (χ1n) is 4.85. The molecule has 0 fully saturated rings. The lowest BCUT2D eigenvalue weighted by molar-refractivity contribution is -0.213. The predicted molar refractivity (Wildman–Crippen MR) is 52.6 cm³/mol. The third-order valence-electron chi connectivity index (χ3n) is 1.78. The van der Waals surface area contributed by atoms with Crippen molar-refractivity contribution in [3.05, 3.63) is 30.1 Å². The second-order valence-corrected chi connectivity index (χ2v) is 3.10. The molecule has 1 aromatic carbocycles. The van der Waals surface area contributed by atoms with E-state index in [-0.39, 0.29) is 5.82 Å². The molecule has 1 rings (SSSR count). The molecule has 0 atom stereocenters. The van der Waals surface area contributed by atoms with E-state index in [1.165, 1.54) is 24.3 Å². The van der Waals surface area contributed by atoms with Gasteiger partial charge in [0.05, 0.1) is 6.42 Å². The summed E-state index contributed by atoms with van der Waals surface area (Å²) in [6.07, 6.45) is 2.02. The standard InChI is InChI=1S/C11H13FO3/c1-2-3-4-11(13)15-14-10-7-5-9(12)6-8-10/h5-8H,2-4H2,1H3. The molecule has 0 aliphatic heterocycles. The number of benzene rings is 1. The molecule has 1 aromatic rings. The highest BCUT2D eigenvalue weighted by molar-refractivity contribution is 5.68. The Balaban J connectivity index is 2.30. The van der Waals surface area contributed by atoms with Gasteiger partial charge >= 0.3 is 5.97 Å². The summed E-state index contributed by atoms with van der Waals surface area (Å²) in [6.45, 7) is 1.98. The summed E-state index contributed by atoms with van der Waals surface area (Å²) in [5.41, 5.74) is 0. The van der Waals surface area contributed by atoms with Crippen LogP contribution in [0.5, 0.6) is 5.75 Å². The van der Waals surface area contributed by atoms with Gasteiger partial charge in [0.2, 0.25) is 0 Å². The van der Waals surface area contributed by atoms with Crippen molar-refractivity contribution in [3.63, 3.8) is 0 Å². The Labute approximate surface area is 87.7 Å². The Kier molecular flexibility index (Phi) is 4.60. The van der Waals surface area contributed by atoms with Gasteiger partial charge in [-0.05, 0) is 30.7 Å². The van der Waals surface area contributed by atoms with Crippen molar-refractivity contribution in [1.29, 1.82) is 0 Å². The van der Waals surface area contributed by atoms with E-state index in [9.17, 15) is 9.18 Å². The maximum absolute atomic E-state index is 12.5. The molecule has 0 radical (unpaired) electrons. The van der Waals surface area contributed by atoms with Gasteiger partial charge < -0.3 is 0 Å². The van der Waals surface area contributed by atoms with Crippen LogP contribution >= 0.6 is 0 Å². The SMILES string of the molecule is CCCCC(=O)OOc1ccc(F)cc1. The van der Waals surface area contributed by atoms with E-state index in [1.54, 1.807) is 0 Å². The second-order valence-electron chi connectivity index (χ2n) is 3.10. The normalized spacial score (nSPS) is 9.73. The van der Waals surface area contributed by atoms with Crippen molar-refractivity contribution < 1.29 is 19.0 Å². The van der Waals surface area contributed by atoms with Crippen LogP contribution in [0.25, 0.3) is 0 Å². The van der Waals surface area contributed by atoms with Gasteiger partial charge in [-0.25, -0.2) is 9.18 Å². The zero-order valence-corrected chi connectivity index (χ0v) is 8.53. The summed E-state index contributed by atoms with van der Waals surface area (Å²) in [6, 6.07) is 5.25. The van der Waals surface area contributed by atoms with E-state index >= 15 is 0 Å². The number of unbranched alkanes of at least 4 members (excludes halogenated alkanes) is 1. The third-order valence-corrected chi connectivity index (χ3v) is 1.78. The molecule has 0 aromatic heterocycles. The first kappa shape index (κ1) is 11.5. The minimum absolute atomic E-state index is 0.307. The molecule has 15 heavy (non-hydrogen) atoms. The van der Waals surface area contributed by atoms with E-state index in [4.69, 9.17) is 4.89 Å². The lowest BCUT2D eigenvalue weighted by atomic mass is 10.3. The van der Waals surface area contributed by atoms with Gasteiger partial charge in [0, 0.05) is 0 Å². The summed E-state index contributed by atoms with van der Waals surface area (Å²) in [5, 5.41) is 0. The summed E-state index contributed by atoms with van der Waals surface area (Å²) in [5.74, 6) is -0.470. The zero-order chi connectivity index (χ0) is 11.1. The van der Waals surface area contributed by atoms with Gasteiger partial charge in [0.1, 0.15) is 5.82 Å². The molecule has 0 aliphatic carbocycles. The topological polar surface area (TPSA) is 35.5 Å². The van der Waals surface area contributed by atoms with E-state index in [0.29, 0.717) is 12.2 Å². The molecule has 0 N–H and O–H groups in total. The van der Waals surface area contributed by atoms with Gasteiger partial charge in [-0.15, -0.1) is 0 Å². The van der Waals surface area contributed by atoms with Crippen LogP contribution in [-0.2, 0) is 9.68 Å². The minimum Gasteiger partial charge on any atom is -0.287 e. The van der Waals surface area contributed by atoms with Crippen LogP contribution in [0.3, 0.4) is 0 Å². The Morgan fingerprint density at radius 3 is 2.60 bits per heavy atom. The lowest BCUT2D eigenvalue weighted by Gasteiger charge is -2.03. The zero-order valence-electron chi connectivity index (χ0n) is 8.53. The highest BCUT2D eigenvalue weighted by atomic mass is 19.1. The molecule has 0 aliphatic rings. The quantitative estimate of drug-likeness (QED) is 0.556. The largest absolute Gasteiger partial charge is 0.355 e. The monoisotopic (exact) mass is 212 g/mol. The van der Waals surface area contributed by atoms with E-state index < -0.39 is 5.97 Å². The number of halogens is 1.